The molecule has 0 spiro atoms. The predicted molar refractivity (Wildman–Crippen MR) is 95.6 cm³/mol. The van der Waals surface area contributed by atoms with E-state index in [0.29, 0.717) is 22.3 Å². The van der Waals surface area contributed by atoms with E-state index in [1.807, 2.05) is 12.1 Å². The minimum atomic E-state index is -0.402. The van der Waals surface area contributed by atoms with Crippen LogP contribution in [0.25, 0.3) is 0 Å². The van der Waals surface area contributed by atoms with Gasteiger partial charge in [-0.05, 0) is 29.8 Å². The van der Waals surface area contributed by atoms with E-state index < -0.39 is 5.97 Å². The number of hydrogen-bond donors (Lipinski definition) is 2. The van der Waals surface area contributed by atoms with Crippen LogP contribution in [0, 0.1) is 0 Å². The summed E-state index contributed by atoms with van der Waals surface area (Å²) in [7, 11) is 0. The van der Waals surface area contributed by atoms with E-state index >= 15 is 0 Å². The lowest BCUT2D eigenvalue weighted by Gasteiger charge is -2.04. The standard InChI is InChI=1S/C17H14N4O2S/c18-15-11-24-17(20-15)21-19-10-12-5-4-8-14(9-12)23-16(22)13-6-2-1-3-7-13/h1-11H,18H2,(H,20,21). The van der Waals surface area contributed by atoms with Gasteiger partial charge in [0.05, 0.1) is 11.8 Å². The molecule has 3 rings (SSSR count). The van der Waals surface area contributed by atoms with E-state index in [1.165, 1.54) is 11.3 Å². The normalized spacial score (nSPS) is 10.7. The van der Waals surface area contributed by atoms with Gasteiger partial charge in [-0.25, -0.2) is 9.78 Å². The Kier molecular flexibility index (Phi) is 4.83. The summed E-state index contributed by atoms with van der Waals surface area (Å²) in [5, 5.41) is 6.41. The van der Waals surface area contributed by atoms with Crippen LogP contribution < -0.4 is 15.9 Å². The van der Waals surface area contributed by atoms with Crippen LogP contribution in [0.15, 0.2) is 65.1 Å². The maximum Gasteiger partial charge on any atom is 0.343 e. The highest BCUT2D eigenvalue weighted by Crippen LogP contribution is 2.17. The quantitative estimate of drug-likeness (QED) is 0.322. The molecule has 3 aromatic rings. The maximum atomic E-state index is 12.0. The monoisotopic (exact) mass is 338 g/mol. The van der Waals surface area contributed by atoms with E-state index in [0.717, 1.165) is 5.56 Å². The third kappa shape index (κ3) is 4.17. The number of nitrogens with zero attached hydrogens (tertiary/aromatic N) is 2. The average Bonchev–Trinajstić information content (AvgIpc) is 3.01. The van der Waals surface area contributed by atoms with Crippen LogP contribution in [-0.2, 0) is 0 Å². The van der Waals surface area contributed by atoms with Crippen molar-refractivity contribution in [3.05, 3.63) is 71.1 Å². The second kappa shape index (κ2) is 7.38. The number of aromatic nitrogens is 1. The molecule has 0 bridgehead atoms. The fraction of sp³-hybridized carbons (Fsp3) is 0. The first-order valence-electron chi connectivity index (χ1n) is 7.08. The van der Waals surface area contributed by atoms with Gasteiger partial charge < -0.3 is 10.5 Å². The van der Waals surface area contributed by atoms with E-state index in [-0.39, 0.29) is 0 Å². The highest BCUT2D eigenvalue weighted by atomic mass is 32.1. The average molecular weight is 338 g/mol. The van der Waals surface area contributed by atoms with Crippen LogP contribution in [0.3, 0.4) is 0 Å². The first-order valence-corrected chi connectivity index (χ1v) is 7.96. The maximum absolute atomic E-state index is 12.0. The lowest BCUT2D eigenvalue weighted by atomic mass is 10.2. The molecule has 7 heteroatoms. The minimum absolute atomic E-state index is 0.402. The summed E-state index contributed by atoms with van der Waals surface area (Å²) in [6, 6.07) is 15.9. The Balaban J connectivity index is 1.64. The van der Waals surface area contributed by atoms with Crippen molar-refractivity contribution in [1.29, 1.82) is 0 Å². The van der Waals surface area contributed by atoms with E-state index in [2.05, 4.69) is 15.5 Å². The molecule has 0 amide bonds. The van der Waals surface area contributed by atoms with Gasteiger partial charge >= 0.3 is 5.97 Å². The summed E-state index contributed by atoms with van der Waals surface area (Å²) in [4.78, 5) is 16.1. The Morgan fingerprint density at radius 2 is 2.04 bits per heavy atom. The first kappa shape index (κ1) is 15.7. The van der Waals surface area contributed by atoms with E-state index in [9.17, 15) is 4.79 Å². The summed E-state index contributed by atoms with van der Waals surface area (Å²) in [5.74, 6) is 0.500. The van der Waals surface area contributed by atoms with Crippen molar-refractivity contribution in [2.24, 2.45) is 5.10 Å². The van der Waals surface area contributed by atoms with Crippen molar-refractivity contribution in [2.45, 2.75) is 0 Å². The molecule has 3 N–H and O–H groups in total. The number of hydrogen-bond acceptors (Lipinski definition) is 7. The Bertz CT molecular complexity index is 862. The molecule has 2 aromatic carbocycles. The number of thiazole rings is 1. The summed E-state index contributed by atoms with van der Waals surface area (Å²) in [5.41, 5.74) is 9.61. The number of hydrazone groups is 1. The largest absolute Gasteiger partial charge is 0.423 e. The number of nitrogens with two attached hydrogens (primary N) is 1. The van der Waals surface area contributed by atoms with Crippen molar-refractivity contribution < 1.29 is 9.53 Å². The first-order chi connectivity index (χ1) is 11.7. The Labute approximate surface area is 142 Å². The molecule has 0 saturated heterocycles. The van der Waals surface area contributed by atoms with Crippen LogP contribution in [0.5, 0.6) is 5.75 Å². The fourth-order valence-corrected chi connectivity index (χ4v) is 2.45. The summed E-state index contributed by atoms with van der Waals surface area (Å²) in [6.45, 7) is 0. The van der Waals surface area contributed by atoms with Crippen molar-refractivity contribution in [3.63, 3.8) is 0 Å². The summed E-state index contributed by atoms with van der Waals surface area (Å²) < 4.78 is 5.36. The Morgan fingerprint density at radius 3 is 2.79 bits per heavy atom. The highest BCUT2D eigenvalue weighted by Gasteiger charge is 2.07. The van der Waals surface area contributed by atoms with Crippen LogP contribution in [0.4, 0.5) is 10.9 Å². The SMILES string of the molecule is Nc1csc(NN=Cc2cccc(OC(=O)c3ccccc3)c2)n1. The van der Waals surface area contributed by atoms with Crippen molar-refractivity contribution in [3.8, 4) is 5.75 Å². The molecule has 0 unspecified atom stereocenters. The van der Waals surface area contributed by atoms with Crippen LogP contribution in [0.1, 0.15) is 15.9 Å². The third-order valence-electron chi connectivity index (χ3n) is 2.97. The van der Waals surface area contributed by atoms with Crippen LogP contribution in [0.2, 0.25) is 0 Å². The zero-order valence-electron chi connectivity index (χ0n) is 12.5. The summed E-state index contributed by atoms with van der Waals surface area (Å²) >= 11 is 1.36. The Morgan fingerprint density at radius 1 is 1.21 bits per heavy atom. The molecule has 0 saturated carbocycles. The third-order valence-corrected chi connectivity index (χ3v) is 3.74. The minimum Gasteiger partial charge on any atom is -0.423 e. The zero-order valence-corrected chi connectivity index (χ0v) is 13.4. The molecule has 6 nitrogen and oxygen atoms in total. The smallest absolute Gasteiger partial charge is 0.343 e. The highest BCUT2D eigenvalue weighted by molar-refractivity contribution is 7.14. The van der Waals surface area contributed by atoms with Crippen LogP contribution in [-0.4, -0.2) is 17.2 Å². The number of rotatable bonds is 5. The van der Waals surface area contributed by atoms with Gasteiger partial charge in [0.1, 0.15) is 11.6 Å². The molecule has 1 aromatic heterocycles. The van der Waals surface area contributed by atoms with Gasteiger partial charge in [-0.15, -0.1) is 11.3 Å². The number of benzene rings is 2. The lowest BCUT2D eigenvalue weighted by Crippen LogP contribution is -2.08. The Hall–Kier alpha value is -3.19. The number of ether oxygens (including phenoxy) is 1. The second-order valence-electron chi connectivity index (χ2n) is 4.78. The van der Waals surface area contributed by atoms with E-state index in [1.54, 1.807) is 54.1 Å². The van der Waals surface area contributed by atoms with Gasteiger partial charge in [-0.3, -0.25) is 5.43 Å². The molecule has 120 valence electrons. The number of nitrogen functional groups attached to an aromatic ring is 1. The van der Waals surface area contributed by atoms with Crippen LogP contribution >= 0.6 is 11.3 Å². The van der Waals surface area contributed by atoms with Gasteiger partial charge in [0, 0.05) is 5.38 Å². The molecule has 0 aliphatic heterocycles. The number of anilines is 2. The molecule has 0 atom stereocenters. The summed E-state index contributed by atoms with van der Waals surface area (Å²) in [6.07, 6.45) is 1.61. The topological polar surface area (TPSA) is 89.6 Å². The fourth-order valence-electron chi connectivity index (χ4n) is 1.90. The second-order valence-corrected chi connectivity index (χ2v) is 5.63. The molecule has 24 heavy (non-hydrogen) atoms. The van der Waals surface area contributed by atoms with Gasteiger partial charge in [-0.1, -0.05) is 30.3 Å². The number of nitrogens with one attached hydrogen (secondary N) is 1. The molecular weight excluding hydrogens is 324 g/mol. The molecule has 0 radical (unpaired) electrons. The van der Waals surface area contributed by atoms with Gasteiger partial charge in [0.2, 0.25) is 5.13 Å². The molecule has 0 aliphatic carbocycles. The number of esters is 1. The zero-order chi connectivity index (χ0) is 16.8. The molecule has 0 aliphatic rings. The van der Waals surface area contributed by atoms with Crippen molar-refractivity contribution >= 4 is 34.5 Å². The van der Waals surface area contributed by atoms with Gasteiger partial charge in [-0.2, -0.15) is 5.10 Å². The van der Waals surface area contributed by atoms with E-state index in [4.69, 9.17) is 10.5 Å². The predicted octanol–water partition coefficient (Wildman–Crippen LogP) is 3.39. The van der Waals surface area contributed by atoms with Crippen molar-refractivity contribution in [1.82, 2.24) is 4.98 Å². The number of carbonyl (C=O) groups is 1. The molecular formula is C17H14N4O2S. The van der Waals surface area contributed by atoms with Gasteiger partial charge in [0.25, 0.3) is 0 Å². The number of carbonyl (C=O) groups excluding carboxylic acids is 1. The molecule has 0 fully saturated rings. The van der Waals surface area contributed by atoms with Gasteiger partial charge in [0.15, 0.2) is 0 Å². The molecule has 1 heterocycles. The van der Waals surface area contributed by atoms with Crippen molar-refractivity contribution in [2.75, 3.05) is 11.2 Å². The lowest BCUT2D eigenvalue weighted by molar-refractivity contribution is 0.0735.